The number of hydrogen-bond donors (Lipinski definition) is 2. The molecule has 3 aromatic rings. The molecule has 0 unspecified atom stereocenters. The van der Waals surface area contributed by atoms with Gasteiger partial charge in [0.15, 0.2) is 0 Å². The molecule has 3 rings (SSSR count). The summed E-state index contributed by atoms with van der Waals surface area (Å²) in [5, 5.41) is 2.85. The molecule has 174 valence electrons. The summed E-state index contributed by atoms with van der Waals surface area (Å²) in [6.07, 6.45) is 0. The molecule has 0 saturated heterocycles. The highest BCUT2D eigenvalue weighted by atomic mass is 32.2. The maximum Gasteiger partial charge on any atom is 0.261 e. The number of rotatable bonds is 10. The smallest absolute Gasteiger partial charge is 0.261 e. The molecule has 0 bridgehead atoms. The Balaban J connectivity index is 1.70. The van der Waals surface area contributed by atoms with Crippen LogP contribution in [0.15, 0.2) is 71.6 Å². The summed E-state index contributed by atoms with van der Waals surface area (Å²) in [7, 11) is -2.23. The molecule has 0 radical (unpaired) electrons. The number of anilines is 1. The number of sulfonamides is 1. The number of benzene rings is 3. The molecule has 2 N–H and O–H groups in total. The van der Waals surface area contributed by atoms with Crippen LogP contribution in [0.3, 0.4) is 0 Å². The molecule has 0 heterocycles. The lowest BCUT2D eigenvalue weighted by atomic mass is 10.1. The van der Waals surface area contributed by atoms with Crippen LogP contribution < -0.4 is 14.8 Å². The highest BCUT2D eigenvalue weighted by Crippen LogP contribution is 2.20. The van der Waals surface area contributed by atoms with Gasteiger partial charge in [0.2, 0.25) is 0 Å². The lowest BCUT2D eigenvalue weighted by Crippen LogP contribution is -2.24. The first-order chi connectivity index (χ1) is 15.8. The maximum atomic E-state index is 12.8. The fourth-order valence-electron chi connectivity index (χ4n) is 3.11. The summed E-state index contributed by atoms with van der Waals surface area (Å²) in [4.78, 5) is 12.9. The third kappa shape index (κ3) is 6.81. The van der Waals surface area contributed by atoms with E-state index in [9.17, 15) is 13.2 Å². The van der Waals surface area contributed by atoms with E-state index in [2.05, 4.69) is 10.0 Å². The summed E-state index contributed by atoms with van der Waals surface area (Å²) < 4.78 is 38.8. The zero-order valence-electron chi connectivity index (χ0n) is 18.9. The van der Waals surface area contributed by atoms with E-state index in [0.29, 0.717) is 35.8 Å². The first kappa shape index (κ1) is 24.3. The van der Waals surface area contributed by atoms with Gasteiger partial charge in [0, 0.05) is 24.9 Å². The quantitative estimate of drug-likeness (QED) is 0.438. The summed E-state index contributed by atoms with van der Waals surface area (Å²) in [5.74, 6) is 0.329. The molecule has 8 heteroatoms. The van der Waals surface area contributed by atoms with E-state index < -0.39 is 10.0 Å². The van der Waals surface area contributed by atoms with Gasteiger partial charge in [0.25, 0.3) is 15.9 Å². The molecule has 7 nitrogen and oxygen atoms in total. The molecule has 33 heavy (non-hydrogen) atoms. The molecule has 0 fully saturated rings. The van der Waals surface area contributed by atoms with E-state index in [1.807, 2.05) is 43.3 Å². The van der Waals surface area contributed by atoms with Crippen molar-refractivity contribution in [1.29, 1.82) is 0 Å². The Kier molecular flexibility index (Phi) is 8.08. The van der Waals surface area contributed by atoms with Crippen molar-refractivity contribution in [3.05, 3.63) is 89.0 Å². The van der Waals surface area contributed by atoms with Crippen molar-refractivity contribution in [3.63, 3.8) is 0 Å². The molecule has 0 spiro atoms. The summed E-state index contributed by atoms with van der Waals surface area (Å²) in [6, 6.07) is 19.0. The van der Waals surface area contributed by atoms with Gasteiger partial charge in [-0.3, -0.25) is 9.52 Å². The highest BCUT2D eigenvalue weighted by Gasteiger charge is 2.18. The number of ether oxygens (including phenoxy) is 2. The Bertz CT molecular complexity index is 1210. The van der Waals surface area contributed by atoms with Crippen LogP contribution in [0.1, 0.15) is 27.0 Å². The van der Waals surface area contributed by atoms with E-state index in [1.54, 1.807) is 32.2 Å². The predicted molar refractivity (Wildman–Crippen MR) is 128 cm³/mol. The molecule has 0 atom stereocenters. The molecule has 0 saturated carbocycles. The number of amides is 1. The molecule has 0 aliphatic carbocycles. The third-order valence-corrected chi connectivity index (χ3v) is 6.35. The van der Waals surface area contributed by atoms with Crippen molar-refractivity contribution in [2.24, 2.45) is 0 Å². The van der Waals surface area contributed by atoms with Crippen LogP contribution in [0, 0.1) is 13.8 Å². The van der Waals surface area contributed by atoms with Crippen molar-refractivity contribution in [3.8, 4) is 5.75 Å². The number of carbonyl (C=O) groups is 1. The molecule has 0 aliphatic heterocycles. The van der Waals surface area contributed by atoms with Crippen molar-refractivity contribution in [1.82, 2.24) is 5.32 Å². The Morgan fingerprint density at radius 3 is 2.42 bits per heavy atom. The Morgan fingerprint density at radius 1 is 0.939 bits per heavy atom. The number of hydrogen-bond acceptors (Lipinski definition) is 5. The van der Waals surface area contributed by atoms with Gasteiger partial charge in [-0.1, -0.05) is 35.9 Å². The summed E-state index contributed by atoms with van der Waals surface area (Å²) in [5.41, 5.74) is 3.33. The van der Waals surface area contributed by atoms with Crippen molar-refractivity contribution < 1.29 is 22.7 Å². The van der Waals surface area contributed by atoms with E-state index in [-0.39, 0.29) is 17.3 Å². The first-order valence-corrected chi connectivity index (χ1v) is 12.0. The van der Waals surface area contributed by atoms with Crippen molar-refractivity contribution in [2.75, 3.05) is 25.0 Å². The van der Waals surface area contributed by atoms with Crippen LogP contribution in [0.5, 0.6) is 5.75 Å². The van der Waals surface area contributed by atoms with Crippen LogP contribution in [0.2, 0.25) is 0 Å². The number of nitrogens with one attached hydrogen (secondary N) is 2. The van der Waals surface area contributed by atoms with E-state index >= 15 is 0 Å². The van der Waals surface area contributed by atoms with Crippen LogP contribution in [-0.4, -0.2) is 34.6 Å². The second kappa shape index (κ2) is 11.0. The van der Waals surface area contributed by atoms with Crippen LogP contribution in [0.4, 0.5) is 5.69 Å². The van der Waals surface area contributed by atoms with Gasteiger partial charge in [0.05, 0.1) is 11.5 Å². The fourth-order valence-corrected chi connectivity index (χ4v) is 4.20. The lowest BCUT2D eigenvalue weighted by molar-refractivity contribution is 0.0950. The first-order valence-electron chi connectivity index (χ1n) is 10.5. The van der Waals surface area contributed by atoms with Crippen LogP contribution in [0.25, 0.3) is 0 Å². The predicted octanol–water partition coefficient (Wildman–Crippen LogP) is 4.06. The lowest BCUT2D eigenvalue weighted by Gasteiger charge is -2.12. The SMILES string of the molecule is COCCOc1cccc(CNC(=O)c2cc(S(=O)(=O)Nc3ccc(C)cc3)ccc2C)c1. The van der Waals surface area contributed by atoms with Gasteiger partial charge in [-0.15, -0.1) is 0 Å². The van der Waals surface area contributed by atoms with E-state index in [0.717, 1.165) is 11.1 Å². The highest BCUT2D eigenvalue weighted by molar-refractivity contribution is 7.92. The number of aryl methyl sites for hydroxylation is 2. The van der Waals surface area contributed by atoms with Gasteiger partial charge < -0.3 is 14.8 Å². The summed E-state index contributed by atoms with van der Waals surface area (Å²) in [6.45, 7) is 4.89. The number of carbonyl (C=O) groups excluding carboxylic acids is 1. The monoisotopic (exact) mass is 468 g/mol. The van der Waals surface area contributed by atoms with Gasteiger partial charge >= 0.3 is 0 Å². The average Bonchev–Trinajstić information content (AvgIpc) is 2.79. The van der Waals surface area contributed by atoms with Gasteiger partial charge in [-0.05, 0) is 61.4 Å². The Hall–Kier alpha value is -3.36. The third-order valence-electron chi connectivity index (χ3n) is 4.98. The molecular formula is C25H28N2O5S. The normalized spacial score (nSPS) is 11.1. The van der Waals surface area contributed by atoms with E-state index in [4.69, 9.17) is 9.47 Å². The zero-order valence-corrected chi connectivity index (χ0v) is 19.7. The van der Waals surface area contributed by atoms with E-state index in [1.165, 1.54) is 12.1 Å². The topological polar surface area (TPSA) is 93.7 Å². The van der Waals surface area contributed by atoms with Crippen molar-refractivity contribution >= 4 is 21.6 Å². The Labute approximate surface area is 194 Å². The van der Waals surface area contributed by atoms with Gasteiger partial charge in [-0.25, -0.2) is 8.42 Å². The Morgan fingerprint density at radius 2 is 1.70 bits per heavy atom. The minimum absolute atomic E-state index is 0.0207. The fraction of sp³-hybridized carbons (Fsp3) is 0.240. The van der Waals surface area contributed by atoms with Gasteiger partial charge in [0.1, 0.15) is 12.4 Å². The second-order valence-electron chi connectivity index (χ2n) is 7.62. The summed E-state index contributed by atoms with van der Waals surface area (Å²) >= 11 is 0. The average molecular weight is 469 g/mol. The molecule has 1 amide bonds. The number of methoxy groups -OCH3 is 1. The molecule has 0 aliphatic rings. The molecular weight excluding hydrogens is 440 g/mol. The largest absolute Gasteiger partial charge is 0.491 e. The molecule has 0 aromatic heterocycles. The second-order valence-corrected chi connectivity index (χ2v) is 9.30. The van der Waals surface area contributed by atoms with Gasteiger partial charge in [-0.2, -0.15) is 0 Å². The zero-order chi connectivity index (χ0) is 23.8. The maximum absolute atomic E-state index is 12.8. The van der Waals surface area contributed by atoms with Crippen LogP contribution in [-0.2, 0) is 21.3 Å². The van der Waals surface area contributed by atoms with Crippen LogP contribution >= 0.6 is 0 Å². The molecule has 3 aromatic carbocycles. The van der Waals surface area contributed by atoms with Crippen molar-refractivity contribution in [2.45, 2.75) is 25.3 Å². The minimum atomic E-state index is -3.84. The standard InChI is InChI=1S/C25H28N2O5S/c1-18-7-10-21(11-8-18)27-33(29,30)23-12-9-19(2)24(16-23)25(28)26-17-20-5-4-6-22(15-20)32-14-13-31-3/h4-12,15-16,27H,13-14,17H2,1-3H3,(H,26,28). The minimum Gasteiger partial charge on any atom is -0.491 e.